The Labute approximate surface area is 157 Å². The fourth-order valence-electron chi connectivity index (χ4n) is 4.21. The van der Waals surface area contributed by atoms with Crippen LogP contribution in [-0.2, 0) is 11.3 Å². The number of hydrogen-bond donors (Lipinski definition) is 0. The van der Waals surface area contributed by atoms with Crippen molar-refractivity contribution in [2.75, 3.05) is 19.6 Å². The molecule has 1 aromatic heterocycles. The van der Waals surface area contributed by atoms with E-state index >= 15 is 0 Å². The van der Waals surface area contributed by atoms with Gasteiger partial charge in [0, 0.05) is 38.0 Å². The molecule has 2 aliphatic heterocycles. The first-order valence-electron chi connectivity index (χ1n) is 9.32. The highest BCUT2D eigenvalue weighted by molar-refractivity contribution is 5.91. The summed E-state index contributed by atoms with van der Waals surface area (Å²) in [5.41, 5.74) is 0.724. The Balaban J connectivity index is 1.38. The van der Waals surface area contributed by atoms with E-state index in [1.54, 1.807) is 18.2 Å². The third-order valence-electron chi connectivity index (χ3n) is 5.73. The minimum Gasteiger partial charge on any atom is -0.456 e. The lowest BCUT2D eigenvalue weighted by Gasteiger charge is -2.38. The standard InChI is InChI=1S/C21H23FN2O3/c1-15-5-6-18(27-15)20(26)23-9-7-21(8-10-23)12-19(25)24(14-21)13-16-3-2-4-17(22)11-16/h2-6,11H,7-10,12-14H2,1H3. The van der Waals surface area contributed by atoms with Crippen LogP contribution in [0.2, 0.25) is 0 Å². The molecular formula is C21H23FN2O3. The van der Waals surface area contributed by atoms with E-state index in [4.69, 9.17) is 4.42 Å². The van der Waals surface area contributed by atoms with Crippen molar-refractivity contribution in [1.29, 1.82) is 0 Å². The molecule has 142 valence electrons. The van der Waals surface area contributed by atoms with E-state index in [-0.39, 0.29) is 23.0 Å². The minimum atomic E-state index is -0.283. The first-order chi connectivity index (χ1) is 12.9. The molecule has 0 bridgehead atoms. The van der Waals surface area contributed by atoms with E-state index in [0.717, 1.165) is 24.2 Å². The van der Waals surface area contributed by atoms with Crippen molar-refractivity contribution in [2.24, 2.45) is 5.41 Å². The zero-order valence-corrected chi connectivity index (χ0v) is 15.4. The molecule has 27 heavy (non-hydrogen) atoms. The van der Waals surface area contributed by atoms with Crippen LogP contribution in [0, 0.1) is 18.2 Å². The number of furan rings is 1. The van der Waals surface area contributed by atoms with Crippen LogP contribution in [0.15, 0.2) is 40.8 Å². The van der Waals surface area contributed by atoms with Gasteiger partial charge in [-0.05, 0) is 49.6 Å². The van der Waals surface area contributed by atoms with Crippen molar-refractivity contribution in [2.45, 2.75) is 32.7 Å². The van der Waals surface area contributed by atoms with Crippen molar-refractivity contribution in [1.82, 2.24) is 9.80 Å². The maximum atomic E-state index is 13.4. The molecule has 2 saturated heterocycles. The summed E-state index contributed by atoms with van der Waals surface area (Å²) < 4.78 is 18.8. The van der Waals surface area contributed by atoms with Crippen molar-refractivity contribution in [3.05, 3.63) is 59.3 Å². The number of rotatable bonds is 3. The van der Waals surface area contributed by atoms with Crippen LogP contribution in [0.4, 0.5) is 4.39 Å². The second kappa shape index (κ2) is 6.83. The average molecular weight is 370 g/mol. The summed E-state index contributed by atoms with van der Waals surface area (Å²) in [5.74, 6) is 0.841. The Morgan fingerprint density at radius 1 is 1.22 bits per heavy atom. The molecule has 0 radical (unpaired) electrons. The summed E-state index contributed by atoms with van der Waals surface area (Å²) in [4.78, 5) is 28.7. The summed E-state index contributed by atoms with van der Waals surface area (Å²) in [6, 6.07) is 9.89. The summed E-state index contributed by atoms with van der Waals surface area (Å²) in [5, 5.41) is 0. The number of hydrogen-bond acceptors (Lipinski definition) is 3. The third-order valence-corrected chi connectivity index (χ3v) is 5.73. The Kier molecular flexibility index (Phi) is 4.50. The molecule has 2 aliphatic rings. The molecule has 1 aromatic carbocycles. The smallest absolute Gasteiger partial charge is 0.289 e. The van der Waals surface area contributed by atoms with Gasteiger partial charge in [0.25, 0.3) is 5.91 Å². The number of halogens is 1. The van der Waals surface area contributed by atoms with Crippen LogP contribution >= 0.6 is 0 Å². The minimum absolute atomic E-state index is 0.0831. The van der Waals surface area contributed by atoms with E-state index in [0.29, 0.717) is 38.4 Å². The average Bonchev–Trinajstić information content (AvgIpc) is 3.19. The number of carbonyl (C=O) groups is 2. The summed E-state index contributed by atoms with van der Waals surface area (Å²) in [6.07, 6.45) is 2.10. The normalized spacial score (nSPS) is 19.1. The number of piperidine rings is 1. The lowest BCUT2D eigenvalue weighted by atomic mass is 9.77. The molecule has 4 rings (SSSR count). The van der Waals surface area contributed by atoms with Crippen molar-refractivity contribution < 1.29 is 18.4 Å². The number of amides is 2. The molecule has 2 aromatic rings. The predicted octanol–water partition coefficient (Wildman–Crippen LogP) is 3.38. The lowest BCUT2D eigenvalue weighted by Crippen LogP contribution is -2.44. The van der Waals surface area contributed by atoms with Crippen LogP contribution in [0.5, 0.6) is 0 Å². The number of carbonyl (C=O) groups excluding carboxylic acids is 2. The molecule has 1 spiro atoms. The Hall–Kier alpha value is -2.63. The maximum absolute atomic E-state index is 13.4. The van der Waals surface area contributed by atoms with Gasteiger partial charge in [0.2, 0.25) is 5.91 Å². The second-order valence-electron chi connectivity index (χ2n) is 7.76. The number of benzene rings is 1. The highest BCUT2D eigenvalue weighted by Gasteiger charge is 2.45. The van der Waals surface area contributed by atoms with Crippen molar-refractivity contribution in [3.8, 4) is 0 Å². The Morgan fingerprint density at radius 3 is 2.67 bits per heavy atom. The first kappa shape index (κ1) is 17.8. The van der Waals surface area contributed by atoms with Crippen molar-refractivity contribution >= 4 is 11.8 Å². The zero-order chi connectivity index (χ0) is 19.0. The SMILES string of the molecule is Cc1ccc(C(=O)N2CCC3(CC2)CC(=O)N(Cc2cccc(F)c2)C3)o1. The summed E-state index contributed by atoms with van der Waals surface area (Å²) in [7, 11) is 0. The van der Waals surface area contributed by atoms with Gasteiger partial charge in [0.05, 0.1) is 0 Å². The molecule has 5 nitrogen and oxygen atoms in total. The molecular weight excluding hydrogens is 347 g/mol. The van der Waals surface area contributed by atoms with Gasteiger partial charge < -0.3 is 14.2 Å². The molecule has 0 saturated carbocycles. The fourth-order valence-corrected chi connectivity index (χ4v) is 4.21. The number of likely N-dealkylation sites (tertiary alicyclic amines) is 2. The number of nitrogens with zero attached hydrogens (tertiary/aromatic N) is 2. The molecule has 0 unspecified atom stereocenters. The van der Waals surface area contributed by atoms with E-state index in [1.165, 1.54) is 12.1 Å². The fraction of sp³-hybridized carbons (Fsp3) is 0.429. The number of aryl methyl sites for hydroxylation is 1. The monoisotopic (exact) mass is 370 g/mol. The third kappa shape index (κ3) is 3.61. The predicted molar refractivity (Wildman–Crippen MR) is 97.4 cm³/mol. The quantitative estimate of drug-likeness (QED) is 0.832. The van der Waals surface area contributed by atoms with Gasteiger partial charge in [-0.3, -0.25) is 9.59 Å². The van der Waals surface area contributed by atoms with E-state index in [2.05, 4.69) is 0 Å². The topological polar surface area (TPSA) is 53.8 Å². The van der Waals surface area contributed by atoms with Crippen molar-refractivity contribution in [3.63, 3.8) is 0 Å². The zero-order valence-electron chi connectivity index (χ0n) is 15.4. The molecule has 2 amide bonds. The largest absolute Gasteiger partial charge is 0.456 e. The highest BCUT2D eigenvalue weighted by atomic mass is 19.1. The van der Waals surface area contributed by atoms with Crippen LogP contribution in [0.3, 0.4) is 0 Å². The van der Waals surface area contributed by atoms with Gasteiger partial charge in [0.1, 0.15) is 11.6 Å². The van der Waals surface area contributed by atoms with E-state index < -0.39 is 0 Å². The Morgan fingerprint density at radius 2 is 2.00 bits per heavy atom. The molecule has 3 heterocycles. The van der Waals surface area contributed by atoms with Crippen LogP contribution in [0.25, 0.3) is 0 Å². The second-order valence-corrected chi connectivity index (χ2v) is 7.76. The van der Waals surface area contributed by atoms with Crippen LogP contribution in [-0.4, -0.2) is 41.2 Å². The van der Waals surface area contributed by atoms with E-state index in [1.807, 2.05) is 22.8 Å². The van der Waals surface area contributed by atoms with Crippen LogP contribution in [0.1, 0.15) is 41.1 Å². The molecule has 0 N–H and O–H groups in total. The maximum Gasteiger partial charge on any atom is 0.289 e. The van der Waals surface area contributed by atoms with Gasteiger partial charge in [-0.25, -0.2) is 4.39 Å². The van der Waals surface area contributed by atoms with Crippen LogP contribution < -0.4 is 0 Å². The van der Waals surface area contributed by atoms with Gasteiger partial charge in [-0.2, -0.15) is 0 Å². The molecule has 0 atom stereocenters. The van der Waals surface area contributed by atoms with Gasteiger partial charge >= 0.3 is 0 Å². The Bertz CT molecular complexity index is 868. The molecule has 2 fully saturated rings. The van der Waals surface area contributed by atoms with Gasteiger partial charge in [-0.1, -0.05) is 12.1 Å². The van der Waals surface area contributed by atoms with E-state index in [9.17, 15) is 14.0 Å². The summed E-state index contributed by atoms with van der Waals surface area (Å²) >= 11 is 0. The van der Waals surface area contributed by atoms with Gasteiger partial charge in [-0.15, -0.1) is 0 Å². The molecule has 0 aliphatic carbocycles. The lowest BCUT2D eigenvalue weighted by molar-refractivity contribution is -0.128. The summed E-state index contributed by atoms with van der Waals surface area (Å²) in [6.45, 7) is 4.18. The molecule has 6 heteroatoms. The highest BCUT2D eigenvalue weighted by Crippen LogP contribution is 2.41. The van der Waals surface area contributed by atoms with Gasteiger partial charge in [0.15, 0.2) is 5.76 Å². The first-order valence-corrected chi connectivity index (χ1v) is 9.32.